The summed E-state index contributed by atoms with van der Waals surface area (Å²) >= 11 is 0. The maximum Gasteiger partial charge on any atom is 0.326 e. The number of aliphatic carboxylic acids is 1. The molecular formula is C31H47N5O8. The normalized spacial score (nSPS) is 18.0. The molecule has 44 heavy (non-hydrogen) atoms. The van der Waals surface area contributed by atoms with Crippen LogP contribution in [0, 0.1) is 17.8 Å². The van der Waals surface area contributed by atoms with Crippen molar-refractivity contribution in [3.8, 4) is 0 Å². The topological polar surface area (TPSA) is 192 Å². The molecule has 2 rings (SSSR count). The van der Waals surface area contributed by atoms with Crippen LogP contribution in [0.4, 0.5) is 0 Å². The van der Waals surface area contributed by atoms with Crippen molar-refractivity contribution in [1.82, 2.24) is 26.6 Å². The minimum absolute atomic E-state index is 0.0696. The standard InChI is InChI=1S/C31H47N5O8/c1-17(2)14-23(28(39)35-24(31(42)43)15-22-12-13-32-27(22)38)34-30(41)26(19(5)44-16-21-10-8-7-9-11-21)36-29(40)25(18(3)4)33-20(6)37/h7-11,17-19,22-26H,12-16H2,1-6H3,(H,32,38)(H,33,37)(H,34,41)(H,35,39)(H,36,40)(H,42,43)/t19-,22+,23+,24+,25+,26+/m1/s1. The zero-order chi connectivity index (χ0) is 33.0. The summed E-state index contributed by atoms with van der Waals surface area (Å²) in [5.41, 5.74) is 0.843. The van der Waals surface area contributed by atoms with Crippen LogP contribution in [-0.4, -0.2) is 77.4 Å². The van der Waals surface area contributed by atoms with Crippen LogP contribution in [0.1, 0.15) is 66.4 Å². The summed E-state index contributed by atoms with van der Waals surface area (Å²) in [6, 6.07) is 4.57. The molecule has 0 aliphatic carbocycles. The van der Waals surface area contributed by atoms with Crippen molar-refractivity contribution in [2.24, 2.45) is 17.8 Å². The lowest BCUT2D eigenvalue weighted by atomic mass is 9.97. The van der Waals surface area contributed by atoms with Gasteiger partial charge < -0.3 is 36.4 Å². The Morgan fingerprint density at radius 3 is 2.02 bits per heavy atom. The molecule has 1 saturated heterocycles. The second kappa shape index (κ2) is 17.3. The van der Waals surface area contributed by atoms with Crippen LogP contribution in [0.25, 0.3) is 0 Å². The van der Waals surface area contributed by atoms with E-state index in [4.69, 9.17) is 4.74 Å². The summed E-state index contributed by atoms with van der Waals surface area (Å²) in [6.07, 6.45) is -0.311. The van der Waals surface area contributed by atoms with E-state index in [9.17, 15) is 33.9 Å². The molecule has 0 radical (unpaired) electrons. The third kappa shape index (κ3) is 11.6. The SMILES string of the molecule is CC(=O)N[C@H](C(=O)N[C@H](C(=O)N[C@@H](CC(C)C)C(=O)N[C@@H](C[C@@H]1CCNC1=O)C(=O)O)[C@@H](C)OCc1ccccc1)C(C)C. The fourth-order valence-electron chi connectivity index (χ4n) is 4.90. The second-order valence-corrected chi connectivity index (χ2v) is 12.0. The van der Waals surface area contributed by atoms with Crippen LogP contribution in [0.5, 0.6) is 0 Å². The molecule has 0 bridgehead atoms. The van der Waals surface area contributed by atoms with Gasteiger partial charge in [-0.15, -0.1) is 0 Å². The minimum Gasteiger partial charge on any atom is -0.480 e. The monoisotopic (exact) mass is 617 g/mol. The molecule has 0 aromatic heterocycles. The van der Waals surface area contributed by atoms with E-state index in [1.807, 2.05) is 44.2 Å². The van der Waals surface area contributed by atoms with Crippen molar-refractivity contribution in [3.63, 3.8) is 0 Å². The number of ether oxygens (including phenoxy) is 1. The lowest BCUT2D eigenvalue weighted by Crippen LogP contribution is -2.61. The number of carboxylic acids is 1. The van der Waals surface area contributed by atoms with E-state index in [1.54, 1.807) is 20.8 Å². The highest BCUT2D eigenvalue weighted by Crippen LogP contribution is 2.17. The van der Waals surface area contributed by atoms with Gasteiger partial charge in [-0.1, -0.05) is 58.0 Å². The quantitative estimate of drug-likeness (QED) is 0.148. The smallest absolute Gasteiger partial charge is 0.326 e. The minimum atomic E-state index is -1.34. The molecule has 13 nitrogen and oxygen atoms in total. The van der Waals surface area contributed by atoms with E-state index in [2.05, 4.69) is 26.6 Å². The molecule has 6 atom stereocenters. The first-order chi connectivity index (χ1) is 20.7. The molecule has 13 heteroatoms. The molecule has 0 unspecified atom stereocenters. The number of hydrogen-bond donors (Lipinski definition) is 6. The third-order valence-electron chi connectivity index (χ3n) is 7.35. The van der Waals surface area contributed by atoms with E-state index in [0.717, 1.165) is 5.56 Å². The van der Waals surface area contributed by atoms with Gasteiger partial charge in [0.15, 0.2) is 0 Å². The Balaban J connectivity index is 2.27. The first-order valence-corrected chi connectivity index (χ1v) is 15.0. The Morgan fingerprint density at radius 2 is 1.50 bits per heavy atom. The number of carbonyl (C=O) groups excluding carboxylic acids is 5. The summed E-state index contributed by atoms with van der Waals surface area (Å²) in [5, 5.41) is 22.9. The molecule has 1 aliphatic rings. The zero-order valence-corrected chi connectivity index (χ0v) is 26.3. The summed E-state index contributed by atoms with van der Waals surface area (Å²) in [6.45, 7) is 10.7. The van der Waals surface area contributed by atoms with Gasteiger partial charge in [0.1, 0.15) is 24.2 Å². The van der Waals surface area contributed by atoms with Gasteiger partial charge in [0.2, 0.25) is 29.5 Å². The Hall–Kier alpha value is -4.00. The van der Waals surface area contributed by atoms with Gasteiger partial charge in [-0.25, -0.2) is 4.79 Å². The molecular weight excluding hydrogens is 570 g/mol. The van der Waals surface area contributed by atoms with Crippen molar-refractivity contribution < 1.29 is 38.6 Å². The molecule has 1 aliphatic heterocycles. The van der Waals surface area contributed by atoms with Crippen molar-refractivity contribution >= 4 is 35.5 Å². The first kappa shape index (κ1) is 36.2. The number of carbonyl (C=O) groups is 6. The molecule has 1 heterocycles. The number of rotatable bonds is 17. The highest BCUT2D eigenvalue weighted by Gasteiger charge is 2.36. The van der Waals surface area contributed by atoms with Crippen LogP contribution < -0.4 is 26.6 Å². The Kier molecular flexibility index (Phi) is 14.3. The Bertz CT molecular complexity index is 1160. The molecule has 1 aromatic carbocycles. The van der Waals surface area contributed by atoms with Crippen LogP contribution in [0.15, 0.2) is 30.3 Å². The maximum atomic E-state index is 13.7. The average molecular weight is 618 g/mol. The summed E-state index contributed by atoms with van der Waals surface area (Å²) < 4.78 is 5.96. The number of amides is 5. The number of hydrogen-bond acceptors (Lipinski definition) is 7. The van der Waals surface area contributed by atoms with E-state index in [-0.39, 0.29) is 37.2 Å². The van der Waals surface area contributed by atoms with E-state index in [1.165, 1.54) is 6.92 Å². The Labute approximate surface area is 258 Å². The predicted molar refractivity (Wildman–Crippen MR) is 162 cm³/mol. The van der Waals surface area contributed by atoms with Crippen LogP contribution in [0.3, 0.4) is 0 Å². The van der Waals surface area contributed by atoms with Crippen LogP contribution >= 0.6 is 0 Å². The fourth-order valence-corrected chi connectivity index (χ4v) is 4.90. The first-order valence-electron chi connectivity index (χ1n) is 15.0. The van der Waals surface area contributed by atoms with E-state index in [0.29, 0.717) is 13.0 Å². The van der Waals surface area contributed by atoms with E-state index < -0.39 is 65.8 Å². The van der Waals surface area contributed by atoms with Gasteiger partial charge in [0.05, 0.1) is 12.7 Å². The lowest BCUT2D eigenvalue weighted by Gasteiger charge is -2.30. The molecule has 1 aromatic rings. The average Bonchev–Trinajstić information content (AvgIpc) is 3.36. The van der Waals surface area contributed by atoms with Crippen molar-refractivity contribution in [1.29, 1.82) is 0 Å². The van der Waals surface area contributed by atoms with Crippen molar-refractivity contribution in [2.45, 2.75) is 97.7 Å². The molecule has 6 N–H and O–H groups in total. The van der Waals surface area contributed by atoms with Gasteiger partial charge in [-0.2, -0.15) is 0 Å². The predicted octanol–water partition coefficient (Wildman–Crippen LogP) is 0.864. The van der Waals surface area contributed by atoms with Crippen molar-refractivity contribution in [3.05, 3.63) is 35.9 Å². The van der Waals surface area contributed by atoms with Gasteiger partial charge in [0.25, 0.3) is 0 Å². The van der Waals surface area contributed by atoms with Gasteiger partial charge in [-0.05, 0) is 43.6 Å². The van der Waals surface area contributed by atoms with Crippen molar-refractivity contribution in [2.75, 3.05) is 6.54 Å². The largest absolute Gasteiger partial charge is 0.480 e. The lowest BCUT2D eigenvalue weighted by molar-refractivity contribution is -0.143. The van der Waals surface area contributed by atoms with Crippen LogP contribution in [-0.2, 0) is 40.1 Å². The number of benzene rings is 1. The number of carboxylic acid groups (broad SMARTS) is 1. The summed E-state index contributed by atoms with van der Waals surface area (Å²) in [5.74, 6) is -4.92. The summed E-state index contributed by atoms with van der Waals surface area (Å²) in [7, 11) is 0. The van der Waals surface area contributed by atoms with Gasteiger partial charge in [0, 0.05) is 19.4 Å². The molecule has 244 valence electrons. The van der Waals surface area contributed by atoms with Gasteiger partial charge >= 0.3 is 5.97 Å². The molecule has 0 spiro atoms. The number of nitrogens with one attached hydrogen (secondary N) is 5. The summed E-state index contributed by atoms with van der Waals surface area (Å²) in [4.78, 5) is 76.1. The Morgan fingerprint density at radius 1 is 0.886 bits per heavy atom. The zero-order valence-electron chi connectivity index (χ0n) is 26.3. The van der Waals surface area contributed by atoms with E-state index >= 15 is 0 Å². The highest BCUT2D eigenvalue weighted by atomic mass is 16.5. The fraction of sp³-hybridized carbons (Fsp3) is 0.613. The molecule has 1 fully saturated rings. The molecule has 0 saturated carbocycles. The second-order valence-electron chi connectivity index (χ2n) is 12.0. The maximum absolute atomic E-state index is 13.7. The van der Waals surface area contributed by atoms with Crippen LogP contribution in [0.2, 0.25) is 0 Å². The highest BCUT2D eigenvalue weighted by molar-refractivity contribution is 5.95. The van der Waals surface area contributed by atoms with Gasteiger partial charge in [-0.3, -0.25) is 24.0 Å². The third-order valence-corrected chi connectivity index (χ3v) is 7.35. The molecule has 5 amide bonds.